The Labute approximate surface area is 97.0 Å². The quantitative estimate of drug-likeness (QED) is 0.802. The molecule has 7 heteroatoms. The molecule has 1 atom stereocenters. The second kappa shape index (κ2) is 4.54. The zero-order valence-corrected chi connectivity index (χ0v) is 9.68. The molecule has 1 unspecified atom stereocenters. The number of hydrogen-bond donors (Lipinski definition) is 2. The fraction of sp³-hybridized carbons (Fsp3) is 0.500. The average molecular weight is 243 g/mol. The summed E-state index contributed by atoms with van der Waals surface area (Å²) < 4.78 is 10.1. The van der Waals surface area contributed by atoms with Crippen molar-refractivity contribution in [1.29, 1.82) is 0 Å². The van der Waals surface area contributed by atoms with Crippen LogP contribution in [-0.2, 0) is 10.3 Å². The van der Waals surface area contributed by atoms with Crippen LogP contribution in [0, 0.1) is 0 Å². The largest absolute Gasteiger partial charge is 0.476 e. The summed E-state index contributed by atoms with van der Waals surface area (Å²) in [5.74, 6) is -3.68. The molecule has 0 aliphatic carbocycles. The molecular formula is C10H13NO6. The third kappa shape index (κ3) is 2.28. The first-order chi connectivity index (χ1) is 7.85. The number of methoxy groups -OCH3 is 1. The Kier molecular flexibility index (Phi) is 3.52. The number of aromatic nitrogens is 1. The molecule has 0 aromatic carbocycles. The minimum atomic E-state index is -1.48. The number of carboxylic acids is 2. The highest BCUT2D eigenvalue weighted by molar-refractivity contribution is 5.98. The van der Waals surface area contributed by atoms with Crippen LogP contribution < -0.4 is 0 Å². The van der Waals surface area contributed by atoms with Crippen LogP contribution in [0.3, 0.4) is 0 Å². The molecule has 1 heterocycles. The highest BCUT2D eigenvalue weighted by Crippen LogP contribution is 2.29. The molecule has 94 valence electrons. The topological polar surface area (TPSA) is 110 Å². The fourth-order valence-corrected chi connectivity index (χ4v) is 1.22. The summed E-state index contributed by atoms with van der Waals surface area (Å²) in [4.78, 5) is 25.3. The fourth-order valence-electron chi connectivity index (χ4n) is 1.22. The van der Waals surface area contributed by atoms with Gasteiger partial charge in [-0.3, -0.25) is 0 Å². The smallest absolute Gasteiger partial charge is 0.374 e. The van der Waals surface area contributed by atoms with E-state index in [-0.39, 0.29) is 5.89 Å². The number of carbonyl (C=O) groups is 2. The van der Waals surface area contributed by atoms with Crippen molar-refractivity contribution >= 4 is 11.9 Å². The Bertz CT molecular complexity index is 414. The molecule has 1 aromatic rings. The number of nitrogens with zero attached hydrogens (tertiary/aromatic N) is 1. The van der Waals surface area contributed by atoms with E-state index in [1.165, 1.54) is 7.11 Å². The molecule has 0 radical (unpaired) electrons. The minimum absolute atomic E-state index is 0.0581. The molecule has 2 N–H and O–H groups in total. The molecule has 0 amide bonds. The van der Waals surface area contributed by atoms with Crippen molar-refractivity contribution in [1.82, 2.24) is 4.98 Å². The predicted molar refractivity (Wildman–Crippen MR) is 55.1 cm³/mol. The summed E-state index contributed by atoms with van der Waals surface area (Å²) in [6.45, 7) is 3.42. The summed E-state index contributed by atoms with van der Waals surface area (Å²) in [6, 6.07) is 0. The van der Waals surface area contributed by atoms with Crippen molar-refractivity contribution in [2.75, 3.05) is 7.11 Å². The highest BCUT2D eigenvalue weighted by atomic mass is 16.5. The molecule has 0 spiro atoms. The Hall–Kier alpha value is -1.89. The maximum atomic E-state index is 10.8. The molecule has 0 aliphatic heterocycles. The predicted octanol–water partition coefficient (Wildman–Crippen LogP) is 1.34. The third-order valence-electron chi connectivity index (χ3n) is 2.60. The van der Waals surface area contributed by atoms with Crippen LogP contribution in [0.2, 0.25) is 0 Å². The van der Waals surface area contributed by atoms with Gasteiger partial charge in [-0.15, -0.1) is 0 Å². The van der Waals surface area contributed by atoms with Crippen LogP contribution in [0.25, 0.3) is 0 Å². The molecule has 1 rings (SSSR count). The van der Waals surface area contributed by atoms with Crippen molar-refractivity contribution in [2.45, 2.75) is 25.9 Å². The molecule has 7 nitrogen and oxygen atoms in total. The molecule has 0 saturated carbocycles. The molecule has 0 saturated heterocycles. The van der Waals surface area contributed by atoms with Gasteiger partial charge in [0.1, 0.15) is 5.60 Å². The van der Waals surface area contributed by atoms with Crippen LogP contribution in [0.1, 0.15) is 47.2 Å². The van der Waals surface area contributed by atoms with Gasteiger partial charge in [0, 0.05) is 7.11 Å². The lowest BCUT2D eigenvalue weighted by Gasteiger charge is -2.22. The summed E-state index contributed by atoms with van der Waals surface area (Å²) in [7, 11) is 1.41. The molecular weight excluding hydrogens is 230 g/mol. The second-order valence-electron chi connectivity index (χ2n) is 3.60. The third-order valence-corrected chi connectivity index (χ3v) is 2.60. The molecule has 0 aliphatic rings. The normalized spacial score (nSPS) is 14.3. The van der Waals surface area contributed by atoms with E-state index in [9.17, 15) is 9.59 Å². The van der Waals surface area contributed by atoms with Gasteiger partial charge in [0.25, 0.3) is 0 Å². The Morgan fingerprint density at radius 1 is 1.41 bits per heavy atom. The molecule has 0 fully saturated rings. The lowest BCUT2D eigenvalue weighted by Crippen LogP contribution is -2.23. The standard InChI is InChI=1S/C10H13NO6/c1-4-10(2,16-3)9-11-5(7(12)13)6(17-9)8(14)15/h4H2,1-3H3,(H,12,13)(H,14,15). The van der Waals surface area contributed by atoms with Crippen LogP contribution in [-0.4, -0.2) is 34.2 Å². The van der Waals surface area contributed by atoms with E-state index >= 15 is 0 Å². The van der Waals surface area contributed by atoms with Crippen molar-refractivity contribution < 1.29 is 29.0 Å². The minimum Gasteiger partial charge on any atom is -0.476 e. The van der Waals surface area contributed by atoms with E-state index in [0.29, 0.717) is 6.42 Å². The van der Waals surface area contributed by atoms with E-state index < -0.39 is 29.0 Å². The number of aromatic carboxylic acids is 2. The van der Waals surface area contributed by atoms with Gasteiger partial charge >= 0.3 is 11.9 Å². The molecule has 17 heavy (non-hydrogen) atoms. The summed E-state index contributed by atoms with van der Waals surface area (Å²) in [5.41, 5.74) is -1.57. The summed E-state index contributed by atoms with van der Waals surface area (Å²) >= 11 is 0. The Morgan fingerprint density at radius 3 is 2.29 bits per heavy atom. The first-order valence-corrected chi connectivity index (χ1v) is 4.88. The summed E-state index contributed by atoms with van der Waals surface area (Å²) in [6.07, 6.45) is 0.460. The highest BCUT2D eigenvalue weighted by Gasteiger charge is 2.34. The zero-order chi connectivity index (χ0) is 13.2. The van der Waals surface area contributed by atoms with Gasteiger partial charge in [-0.05, 0) is 13.3 Å². The van der Waals surface area contributed by atoms with Crippen molar-refractivity contribution in [3.63, 3.8) is 0 Å². The van der Waals surface area contributed by atoms with Gasteiger partial charge < -0.3 is 19.4 Å². The van der Waals surface area contributed by atoms with Crippen molar-refractivity contribution in [3.8, 4) is 0 Å². The Morgan fingerprint density at radius 2 is 2.00 bits per heavy atom. The van der Waals surface area contributed by atoms with E-state index in [4.69, 9.17) is 19.4 Å². The number of rotatable bonds is 5. The lowest BCUT2D eigenvalue weighted by molar-refractivity contribution is -0.0242. The number of ether oxygens (including phenoxy) is 1. The molecule has 0 bridgehead atoms. The maximum Gasteiger partial charge on any atom is 0.374 e. The van der Waals surface area contributed by atoms with E-state index in [0.717, 1.165) is 0 Å². The van der Waals surface area contributed by atoms with Crippen molar-refractivity contribution in [2.24, 2.45) is 0 Å². The van der Waals surface area contributed by atoms with Gasteiger partial charge in [0.2, 0.25) is 17.3 Å². The SMILES string of the molecule is CCC(C)(OC)c1nc(C(=O)O)c(C(=O)O)o1. The monoisotopic (exact) mass is 243 g/mol. The van der Waals surface area contributed by atoms with Crippen LogP contribution >= 0.6 is 0 Å². The van der Waals surface area contributed by atoms with Crippen LogP contribution in [0.15, 0.2) is 4.42 Å². The van der Waals surface area contributed by atoms with Gasteiger partial charge in [-0.1, -0.05) is 6.92 Å². The van der Waals surface area contributed by atoms with Gasteiger partial charge in [0.05, 0.1) is 0 Å². The van der Waals surface area contributed by atoms with E-state index in [1.54, 1.807) is 13.8 Å². The number of carboxylic acid groups (broad SMARTS) is 2. The number of oxazole rings is 1. The first-order valence-electron chi connectivity index (χ1n) is 4.88. The zero-order valence-electron chi connectivity index (χ0n) is 9.68. The van der Waals surface area contributed by atoms with E-state index in [1.807, 2.05) is 0 Å². The average Bonchev–Trinajstić information content (AvgIpc) is 2.73. The lowest BCUT2D eigenvalue weighted by atomic mass is 10.0. The molecule has 1 aromatic heterocycles. The summed E-state index contributed by atoms with van der Waals surface area (Å²) in [5, 5.41) is 17.6. The van der Waals surface area contributed by atoms with Crippen LogP contribution in [0.5, 0.6) is 0 Å². The Balaban J connectivity index is 3.34. The second-order valence-corrected chi connectivity index (χ2v) is 3.60. The maximum absolute atomic E-state index is 10.8. The van der Waals surface area contributed by atoms with E-state index in [2.05, 4.69) is 4.98 Å². The first kappa shape index (κ1) is 13.2. The van der Waals surface area contributed by atoms with Crippen molar-refractivity contribution in [3.05, 3.63) is 17.3 Å². The van der Waals surface area contributed by atoms with Crippen LogP contribution in [0.4, 0.5) is 0 Å². The van der Waals surface area contributed by atoms with Gasteiger partial charge in [0.15, 0.2) is 0 Å². The number of hydrogen-bond acceptors (Lipinski definition) is 5. The van der Waals surface area contributed by atoms with Gasteiger partial charge in [-0.2, -0.15) is 0 Å². The van der Waals surface area contributed by atoms with Gasteiger partial charge in [-0.25, -0.2) is 14.6 Å².